The molecule has 2 N–H and O–H groups in total. The molecule has 0 saturated carbocycles. The van der Waals surface area contributed by atoms with Gasteiger partial charge in [-0.2, -0.15) is 0 Å². The van der Waals surface area contributed by atoms with E-state index in [0.29, 0.717) is 6.61 Å². The topological polar surface area (TPSA) is 61.5 Å². The zero-order chi connectivity index (χ0) is 17.7. The molecule has 0 heterocycles. The van der Waals surface area contributed by atoms with Gasteiger partial charge in [0.2, 0.25) is 0 Å². The van der Waals surface area contributed by atoms with Crippen molar-refractivity contribution in [3.8, 4) is 0 Å². The quantitative estimate of drug-likeness (QED) is 0.778. The number of ketones is 1. The van der Waals surface area contributed by atoms with Crippen LogP contribution in [0.25, 0.3) is 0 Å². The smallest absolute Gasteiger partial charge is 0.140 e. The molecule has 4 heteroatoms. The van der Waals surface area contributed by atoms with Crippen molar-refractivity contribution in [1.82, 2.24) is 0 Å². The zero-order valence-electron chi connectivity index (χ0n) is 15.3. The molecule has 1 aromatic carbocycles. The molecule has 0 radical (unpaired) electrons. The summed E-state index contributed by atoms with van der Waals surface area (Å²) in [5.41, 5.74) is 6.40. The van der Waals surface area contributed by atoms with E-state index in [-0.39, 0.29) is 12.2 Å². The predicted molar refractivity (Wildman–Crippen MR) is 92.9 cm³/mol. The lowest BCUT2D eigenvalue weighted by Gasteiger charge is -2.32. The molecule has 0 aromatic heterocycles. The highest BCUT2D eigenvalue weighted by Crippen LogP contribution is 2.23. The third-order valence-corrected chi connectivity index (χ3v) is 3.38. The van der Waals surface area contributed by atoms with Crippen molar-refractivity contribution in [2.24, 2.45) is 11.1 Å². The Kier molecular flexibility index (Phi) is 6.93. The Bertz CT molecular complexity index is 486. The third-order valence-electron chi connectivity index (χ3n) is 3.38. The van der Waals surface area contributed by atoms with E-state index in [2.05, 4.69) is 0 Å². The molecule has 4 nitrogen and oxygen atoms in total. The van der Waals surface area contributed by atoms with Gasteiger partial charge in [-0.05, 0) is 26.3 Å². The van der Waals surface area contributed by atoms with Crippen LogP contribution >= 0.6 is 0 Å². The molecule has 1 rings (SSSR count). The van der Waals surface area contributed by atoms with Gasteiger partial charge in [0.05, 0.1) is 12.2 Å². The minimum Gasteiger partial charge on any atom is -0.368 e. The summed E-state index contributed by atoms with van der Waals surface area (Å²) in [6.07, 6.45) is -0.873. The first-order chi connectivity index (χ1) is 10.5. The largest absolute Gasteiger partial charge is 0.368 e. The van der Waals surface area contributed by atoms with E-state index in [0.717, 1.165) is 5.56 Å². The number of hydrogen-bond acceptors (Lipinski definition) is 4. The number of benzene rings is 1. The molecule has 0 aliphatic rings. The second-order valence-electron chi connectivity index (χ2n) is 7.91. The number of carbonyl (C=O) groups is 1. The molecule has 23 heavy (non-hydrogen) atoms. The summed E-state index contributed by atoms with van der Waals surface area (Å²) in [6.45, 7) is 12.0. The van der Waals surface area contributed by atoms with Gasteiger partial charge in [0.1, 0.15) is 18.1 Å². The summed E-state index contributed by atoms with van der Waals surface area (Å²) >= 11 is 0. The van der Waals surface area contributed by atoms with E-state index in [1.54, 1.807) is 0 Å². The Morgan fingerprint density at radius 2 is 1.65 bits per heavy atom. The average Bonchev–Trinajstić information content (AvgIpc) is 2.42. The summed E-state index contributed by atoms with van der Waals surface area (Å²) < 4.78 is 11.7. The minimum atomic E-state index is -0.652. The fraction of sp³-hybridized carbons (Fsp3) is 0.632. The zero-order valence-corrected chi connectivity index (χ0v) is 15.3. The molecule has 0 saturated heterocycles. The fourth-order valence-corrected chi connectivity index (χ4v) is 2.04. The fourth-order valence-electron chi connectivity index (χ4n) is 2.04. The number of carbonyl (C=O) groups excluding carboxylic acids is 1. The molecule has 130 valence electrons. The molecule has 0 amide bonds. The Morgan fingerprint density at radius 1 is 1.09 bits per heavy atom. The Labute approximate surface area is 140 Å². The third kappa shape index (κ3) is 7.73. The minimum absolute atomic E-state index is 0.116. The van der Waals surface area contributed by atoms with Gasteiger partial charge in [-0.1, -0.05) is 51.1 Å². The van der Waals surface area contributed by atoms with Crippen molar-refractivity contribution in [1.29, 1.82) is 0 Å². The Hall–Kier alpha value is -1.23. The lowest BCUT2D eigenvalue weighted by atomic mass is 9.87. The molecular formula is C19H31NO3. The summed E-state index contributed by atoms with van der Waals surface area (Å²) in [6, 6.07) is 9.82. The van der Waals surface area contributed by atoms with Crippen LogP contribution in [0.2, 0.25) is 0 Å². The van der Waals surface area contributed by atoms with E-state index in [1.165, 1.54) is 0 Å². The maximum atomic E-state index is 12.3. The van der Waals surface area contributed by atoms with Crippen LogP contribution in [0.4, 0.5) is 0 Å². The molecule has 0 fully saturated rings. The monoisotopic (exact) mass is 321 g/mol. The van der Waals surface area contributed by atoms with Crippen molar-refractivity contribution in [2.45, 2.75) is 72.5 Å². The van der Waals surface area contributed by atoms with Crippen molar-refractivity contribution in [3.63, 3.8) is 0 Å². The normalized spacial score (nSPS) is 15.3. The van der Waals surface area contributed by atoms with E-state index in [1.807, 2.05) is 71.9 Å². The van der Waals surface area contributed by atoms with E-state index in [9.17, 15) is 4.79 Å². The Balaban J connectivity index is 2.72. The van der Waals surface area contributed by atoms with Crippen LogP contribution in [0.3, 0.4) is 0 Å². The van der Waals surface area contributed by atoms with Gasteiger partial charge >= 0.3 is 0 Å². The van der Waals surface area contributed by atoms with E-state index >= 15 is 0 Å². The number of Topliss-reactive ketones (excluding diaryl/α,β-unsaturated/α-hetero) is 1. The second-order valence-corrected chi connectivity index (χ2v) is 7.91. The molecule has 0 spiro atoms. The highest BCUT2D eigenvalue weighted by Gasteiger charge is 2.31. The second kappa shape index (κ2) is 8.04. The standard InChI is InChI=1S/C19H31NO3/c1-18(2,3)16(21)12-15(23-19(4,5)6)17(20)22-13-14-10-8-7-9-11-14/h7-11,15,17H,12-13,20H2,1-6H3. The van der Waals surface area contributed by atoms with Gasteiger partial charge in [0.25, 0.3) is 0 Å². The molecular weight excluding hydrogens is 290 g/mol. The van der Waals surface area contributed by atoms with Crippen LogP contribution in [0.1, 0.15) is 53.5 Å². The average molecular weight is 321 g/mol. The van der Waals surface area contributed by atoms with Gasteiger partial charge < -0.3 is 15.2 Å². The lowest BCUT2D eigenvalue weighted by molar-refractivity contribution is -0.150. The number of ether oxygens (including phenoxy) is 2. The van der Waals surface area contributed by atoms with Gasteiger partial charge in [0.15, 0.2) is 0 Å². The summed E-state index contributed by atoms with van der Waals surface area (Å²) in [7, 11) is 0. The molecule has 2 unspecified atom stereocenters. The van der Waals surface area contributed by atoms with E-state index < -0.39 is 23.3 Å². The summed E-state index contributed by atoms with van der Waals surface area (Å²) in [5.74, 6) is 0.116. The van der Waals surface area contributed by atoms with Crippen LogP contribution in [0, 0.1) is 5.41 Å². The number of nitrogens with two attached hydrogens (primary N) is 1. The summed E-state index contributed by atoms with van der Waals surface area (Å²) in [4.78, 5) is 12.3. The molecule has 0 bridgehead atoms. The molecule has 2 atom stereocenters. The molecule has 0 aliphatic carbocycles. The van der Waals surface area contributed by atoms with Gasteiger partial charge in [-0.25, -0.2) is 0 Å². The van der Waals surface area contributed by atoms with Crippen LogP contribution < -0.4 is 5.73 Å². The maximum Gasteiger partial charge on any atom is 0.140 e. The Morgan fingerprint density at radius 3 is 2.13 bits per heavy atom. The first kappa shape index (κ1) is 19.8. The number of hydrogen-bond donors (Lipinski definition) is 1. The predicted octanol–water partition coefficient (Wildman–Crippen LogP) is 3.68. The van der Waals surface area contributed by atoms with Gasteiger partial charge in [-0.15, -0.1) is 0 Å². The molecule has 0 aliphatic heterocycles. The SMILES string of the molecule is CC(C)(C)OC(CC(=O)C(C)(C)C)C(N)OCc1ccccc1. The van der Waals surface area contributed by atoms with Crippen molar-refractivity contribution >= 4 is 5.78 Å². The van der Waals surface area contributed by atoms with Crippen LogP contribution in [-0.2, 0) is 20.9 Å². The van der Waals surface area contributed by atoms with Crippen LogP contribution in [-0.4, -0.2) is 23.7 Å². The highest BCUT2D eigenvalue weighted by molar-refractivity contribution is 5.84. The first-order valence-electron chi connectivity index (χ1n) is 8.11. The molecule has 1 aromatic rings. The van der Waals surface area contributed by atoms with Crippen LogP contribution in [0.15, 0.2) is 30.3 Å². The highest BCUT2D eigenvalue weighted by atomic mass is 16.6. The maximum absolute atomic E-state index is 12.3. The van der Waals surface area contributed by atoms with E-state index in [4.69, 9.17) is 15.2 Å². The van der Waals surface area contributed by atoms with Gasteiger partial charge in [0, 0.05) is 11.8 Å². The summed E-state index contributed by atoms with van der Waals surface area (Å²) in [5, 5.41) is 0. The first-order valence-corrected chi connectivity index (χ1v) is 8.11. The van der Waals surface area contributed by atoms with Crippen molar-refractivity contribution < 1.29 is 14.3 Å². The number of rotatable bonds is 7. The van der Waals surface area contributed by atoms with Crippen molar-refractivity contribution in [2.75, 3.05) is 0 Å². The van der Waals surface area contributed by atoms with Gasteiger partial charge in [-0.3, -0.25) is 4.79 Å². The van der Waals surface area contributed by atoms with Crippen molar-refractivity contribution in [3.05, 3.63) is 35.9 Å². The van der Waals surface area contributed by atoms with Crippen LogP contribution in [0.5, 0.6) is 0 Å². The lowest BCUT2D eigenvalue weighted by Crippen LogP contribution is -2.45.